The first-order chi connectivity index (χ1) is 6.81. The van der Waals surface area contributed by atoms with Crippen molar-refractivity contribution >= 4 is 16.9 Å². The summed E-state index contributed by atoms with van der Waals surface area (Å²) in [4.78, 5) is 18.5. The monoisotopic (exact) mass is 189 g/mol. The average molecular weight is 189 g/mol. The second-order valence-electron chi connectivity index (χ2n) is 2.98. The lowest BCUT2D eigenvalue weighted by Gasteiger charge is -1.96. The Kier molecular flexibility index (Phi) is 2.18. The Morgan fingerprint density at radius 1 is 1.64 bits per heavy atom. The van der Waals surface area contributed by atoms with E-state index in [9.17, 15) is 4.79 Å². The van der Waals surface area contributed by atoms with Gasteiger partial charge < -0.3 is 10.3 Å². The summed E-state index contributed by atoms with van der Waals surface area (Å²) < 4.78 is 0. The molecule has 1 amide bonds. The van der Waals surface area contributed by atoms with Gasteiger partial charge in [0.2, 0.25) is 0 Å². The molecular formula is C10H11N3O. The van der Waals surface area contributed by atoms with Crippen molar-refractivity contribution in [3.05, 3.63) is 30.1 Å². The zero-order valence-corrected chi connectivity index (χ0v) is 7.87. The van der Waals surface area contributed by atoms with Crippen LogP contribution < -0.4 is 5.32 Å². The van der Waals surface area contributed by atoms with Gasteiger partial charge in [0.05, 0.1) is 0 Å². The van der Waals surface area contributed by atoms with Crippen molar-refractivity contribution in [3.63, 3.8) is 0 Å². The summed E-state index contributed by atoms with van der Waals surface area (Å²) in [5.41, 5.74) is 1.30. The van der Waals surface area contributed by atoms with Crippen molar-refractivity contribution in [2.24, 2.45) is 0 Å². The minimum atomic E-state index is -0.0921. The van der Waals surface area contributed by atoms with Gasteiger partial charge in [-0.05, 0) is 25.1 Å². The second-order valence-corrected chi connectivity index (χ2v) is 2.98. The highest BCUT2D eigenvalue weighted by Crippen LogP contribution is 2.11. The highest BCUT2D eigenvalue weighted by Gasteiger charge is 2.07. The van der Waals surface area contributed by atoms with Gasteiger partial charge in [-0.25, -0.2) is 4.98 Å². The van der Waals surface area contributed by atoms with Crippen molar-refractivity contribution in [2.45, 2.75) is 6.92 Å². The van der Waals surface area contributed by atoms with Crippen LogP contribution in [0.2, 0.25) is 0 Å². The van der Waals surface area contributed by atoms with E-state index in [2.05, 4.69) is 15.3 Å². The van der Waals surface area contributed by atoms with Crippen LogP contribution in [-0.2, 0) is 0 Å². The van der Waals surface area contributed by atoms with Crippen LogP contribution in [-0.4, -0.2) is 22.4 Å². The lowest BCUT2D eigenvalue weighted by molar-refractivity contribution is 0.0951. The Bertz CT molecular complexity index is 428. The average Bonchev–Trinajstić information content (AvgIpc) is 2.61. The quantitative estimate of drug-likeness (QED) is 0.748. The summed E-state index contributed by atoms with van der Waals surface area (Å²) >= 11 is 0. The zero-order chi connectivity index (χ0) is 9.97. The summed E-state index contributed by atoms with van der Waals surface area (Å²) in [5.74, 6) is -0.0921. The fourth-order valence-corrected chi connectivity index (χ4v) is 1.34. The molecule has 0 aliphatic rings. The molecule has 0 spiro atoms. The van der Waals surface area contributed by atoms with Crippen LogP contribution in [0, 0.1) is 0 Å². The van der Waals surface area contributed by atoms with E-state index in [-0.39, 0.29) is 5.91 Å². The minimum absolute atomic E-state index is 0.0921. The summed E-state index contributed by atoms with van der Waals surface area (Å²) in [6.45, 7) is 2.51. The van der Waals surface area contributed by atoms with Crippen LogP contribution in [0.25, 0.3) is 11.0 Å². The molecule has 0 saturated carbocycles. The first-order valence-corrected chi connectivity index (χ1v) is 4.53. The van der Waals surface area contributed by atoms with Gasteiger partial charge in [-0.15, -0.1) is 0 Å². The molecule has 0 aliphatic carbocycles. The molecule has 2 rings (SSSR count). The van der Waals surface area contributed by atoms with E-state index in [0.29, 0.717) is 12.2 Å². The number of aromatic nitrogens is 2. The van der Waals surface area contributed by atoms with Crippen LogP contribution in [0.5, 0.6) is 0 Å². The third kappa shape index (κ3) is 1.46. The Morgan fingerprint density at radius 2 is 2.50 bits per heavy atom. The molecule has 0 atom stereocenters. The van der Waals surface area contributed by atoms with Crippen LogP contribution >= 0.6 is 0 Å². The second kappa shape index (κ2) is 3.49. The maximum atomic E-state index is 11.4. The summed E-state index contributed by atoms with van der Waals surface area (Å²) in [6.07, 6.45) is 1.69. The number of hydrogen-bond donors (Lipinski definition) is 2. The third-order valence-corrected chi connectivity index (χ3v) is 1.97. The van der Waals surface area contributed by atoms with Gasteiger partial charge in [0.1, 0.15) is 11.3 Å². The number of carbonyl (C=O) groups excluding carboxylic acids is 1. The van der Waals surface area contributed by atoms with Gasteiger partial charge in [-0.1, -0.05) is 0 Å². The number of nitrogens with one attached hydrogen (secondary N) is 2. The standard InChI is InChI=1S/C10H11N3O/c1-2-11-10(14)8-6-7-4-3-5-12-9(7)13-8/h3-6H,2H2,1H3,(H,11,14)(H,12,13). The number of fused-ring (bicyclic) bond motifs is 1. The molecule has 14 heavy (non-hydrogen) atoms. The van der Waals surface area contributed by atoms with Crippen molar-refractivity contribution in [2.75, 3.05) is 6.54 Å². The van der Waals surface area contributed by atoms with Crippen LogP contribution in [0.4, 0.5) is 0 Å². The molecule has 4 heteroatoms. The van der Waals surface area contributed by atoms with E-state index in [1.54, 1.807) is 12.3 Å². The lowest BCUT2D eigenvalue weighted by atomic mass is 10.3. The molecule has 2 aromatic rings. The van der Waals surface area contributed by atoms with Gasteiger partial charge >= 0.3 is 0 Å². The predicted octanol–water partition coefficient (Wildman–Crippen LogP) is 1.31. The number of nitrogens with zero attached hydrogens (tertiary/aromatic N) is 1. The smallest absolute Gasteiger partial charge is 0.267 e. The fourth-order valence-electron chi connectivity index (χ4n) is 1.34. The van der Waals surface area contributed by atoms with Gasteiger partial charge in [-0.2, -0.15) is 0 Å². The molecule has 0 aliphatic heterocycles. The molecule has 0 saturated heterocycles. The minimum Gasteiger partial charge on any atom is -0.351 e. The Balaban J connectivity index is 2.40. The number of amides is 1. The van der Waals surface area contributed by atoms with Crippen LogP contribution in [0.1, 0.15) is 17.4 Å². The summed E-state index contributed by atoms with van der Waals surface area (Å²) in [7, 11) is 0. The number of carbonyl (C=O) groups is 1. The van der Waals surface area contributed by atoms with Gasteiger partial charge in [0.25, 0.3) is 5.91 Å². The molecule has 4 nitrogen and oxygen atoms in total. The molecule has 0 fully saturated rings. The first-order valence-electron chi connectivity index (χ1n) is 4.53. The highest BCUT2D eigenvalue weighted by atomic mass is 16.1. The van der Waals surface area contributed by atoms with Crippen LogP contribution in [0.15, 0.2) is 24.4 Å². The SMILES string of the molecule is CCNC(=O)c1cc2cccnc2[nH]1. The molecule has 72 valence electrons. The molecule has 0 bridgehead atoms. The van der Waals surface area contributed by atoms with Gasteiger partial charge in [-0.3, -0.25) is 4.79 Å². The predicted molar refractivity (Wildman–Crippen MR) is 54.1 cm³/mol. The first kappa shape index (κ1) is 8.74. The number of pyridine rings is 1. The number of H-pyrrole nitrogens is 1. The molecule has 0 radical (unpaired) electrons. The highest BCUT2D eigenvalue weighted by molar-refractivity contribution is 5.97. The molecule has 2 aromatic heterocycles. The summed E-state index contributed by atoms with van der Waals surface area (Å²) in [5, 5.41) is 3.68. The normalized spacial score (nSPS) is 10.4. The molecule has 2 heterocycles. The maximum absolute atomic E-state index is 11.4. The van der Waals surface area contributed by atoms with E-state index in [0.717, 1.165) is 11.0 Å². The van der Waals surface area contributed by atoms with Crippen molar-refractivity contribution in [1.29, 1.82) is 0 Å². The third-order valence-electron chi connectivity index (χ3n) is 1.97. The molecule has 0 aromatic carbocycles. The van der Waals surface area contributed by atoms with E-state index in [1.807, 2.05) is 19.1 Å². The Morgan fingerprint density at radius 3 is 3.21 bits per heavy atom. The largest absolute Gasteiger partial charge is 0.351 e. The van der Waals surface area contributed by atoms with Gasteiger partial charge in [0, 0.05) is 18.1 Å². The van der Waals surface area contributed by atoms with Crippen molar-refractivity contribution < 1.29 is 4.79 Å². The summed E-state index contributed by atoms with van der Waals surface area (Å²) in [6, 6.07) is 5.56. The molecule has 2 N–H and O–H groups in total. The maximum Gasteiger partial charge on any atom is 0.267 e. The molecule has 0 unspecified atom stereocenters. The van der Waals surface area contributed by atoms with Crippen molar-refractivity contribution in [3.8, 4) is 0 Å². The van der Waals surface area contributed by atoms with E-state index >= 15 is 0 Å². The number of hydrogen-bond acceptors (Lipinski definition) is 2. The zero-order valence-electron chi connectivity index (χ0n) is 7.87. The van der Waals surface area contributed by atoms with E-state index < -0.39 is 0 Å². The molecular weight excluding hydrogens is 178 g/mol. The van der Waals surface area contributed by atoms with E-state index in [4.69, 9.17) is 0 Å². The van der Waals surface area contributed by atoms with Crippen LogP contribution in [0.3, 0.4) is 0 Å². The topological polar surface area (TPSA) is 57.8 Å². The lowest BCUT2D eigenvalue weighted by Crippen LogP contribution is -2.22. The number of rotatable bonds is 2. The van der Waals surface area contributed by atoms with E-state index in [1.165, 1.54) is 0 Å². The van der Waals surface area contributed by atoms with Crippen molar-refractivity contribution in [1.82, 2.24) is 15.3 Å². The number of aromatic amines is 1. The Hall–Kier alpha value is -1.84. The fraction of sp³-hybridized carbons (Fsp3) is 0.200. The Labute approximate surface area is 81.3 Å². The van der Waals surface area contributed by atoms with Gasteiger partial charge in [0.15, 0.2) is 0 Å².